The quantitative estimate of drug-likeness (QED) is 0.786. The molecule has 0 spiro atoms. The topological polar surface area (TPSA) is 104 Å². The number of amides is 2. The average molecular weight is 369 g/mol. The van der Waals surface area contributed by atoms with Gasteiger partial charge >= 0.3 is 5.97 Å². The molecule has 7 heteroatoms. The normalized spacial score (nSPS) is 16.9. The molecule has 3 rings (SSSR count). The zero-order chi connectivity index (χ0) is 19.7. The molecule has 1 atom stereocenters. The van der Waals surface area contributed by atoms with Gasteiger partial charge in [-0.25, -0.2) is 9.69 Å². The van der Waals surface area contributed by atoms with Gasteiger partial charge in [0.15, 0.2) is 0 Å². The van der Waals surface area contributed by atoms with Crippen LogP contribution in [0.4, 0.5) is 5.69 Å². The summed E-state index contributed by atoms with van der Waals surface area (Å²) < 4.78 is 5.58. The lowest BCUT2D eigenvalue weighted by molar-refractivity contribution is -0.121. The molecule has 1 fully saturated rings. The first-order valence-electron chi connectivity index (χ1n) is 8.47. The van der Waals surface area contributed by atoms with E-state index in [9.17, 15) is 19.5 Å². The minimum atomic E-state index is -1.34. The predicted molar refractivity (Wildman–Crippen MR) is 97.1 cm³/mol. The first-order valence-corrected chi connectivity index (χ1v) is 8.47. The van der Waals surface area contributed by atoms with E-state index >= 15 is 0 Å². The van der Waals surface area contributed by atoms with Crippen LogP contribution in [-0.2, 0) is 9.59 Å². The Morgan fingerprint density at radius 1 is 1.15 bits per heavy atom. The number of carbonyl (C=O) groups excluding carboxylic acids is 2. The predicted octanol–water partition coefficient (Wildman–Crippen LogP) is 2.92. The molecule has 0 bridgehead atoms. The van der Waals surface area contributed by atoms with E-state index in [1.54, 1.807) is 24.3 Å². The van der Waals surface area contributed by atoms with Gasteiger partial charge < -0.3 is 14.9 Å². The second-order valence-corrected chi connectivity index (χ2v) is 6.57. The van der Waals surface area contributed by atoms with E-state index in [2.05, 4.69) is 0 Å². The van der Waals surface area contributed by atoms with Crippen LogP contribution >= 0.6 is 0 Å². The molecular formula is C20H19NO6. The van der Waals surface area contributed by atoms with Gasteiger partial charge in [-0.15, -0.1) is 0 Å². The third-order valence-corrected chi connectivity index (χ3v) is 4.27. The number of phenols is 1. The number of hydrogen-bond acceptors (Lipinski definition) is 5. The molecule has 27 heavy (non-hydrogen) atoms. The number of carboxylic acids is 1. The Morgan fingerprint density at radius 3 is 2.41 bits per heavy atom. The van der Waals surface area contributed by atoms with Crippen LogP contribution in [0.5, 0.6) is 11.5 Å². The van der Waals surface area contributed by atoms with Crippen molar-refractivity contribution in [2.24, 2.45) is 0 Å². The van der Waals surface area contributed by atoms with Gasteiger partial charge in [0.2, 0.25) is 11.8 Å². The minimum absolute atomic E-state index is 0.00744. The molecular weight excluding hydrogens is 350 g/mol. The van der Waals surface area contributed by atoms with Crippen LogP contribution in [0.2, 0.25) is 0 Å². The molecule has 7 nitrogen and oxygen atoms in total. The van der Waals surface area contributed by atoms with E-state index in [1.165, 1.54) is 6.07 Å². The van der Waals surface area contributed by atoms with Crippen LogP contribution in [0.25, 0.3) is 0 Å². The van der Waals surface area contributed by atoms with Crippen molar-refractivity contribution in [3.63, 3.8) is 0 Å². The summed E-state index contributed by atoms with van der Waals surface area (Å²) in [5.74, 6) is -2.60. The van der Waals surface area contributed by atoms with Crippen molar-refractivity contribution in [1.29, 1.82) is 0 Å². The van der Waals surface area contributed by atoms with Gasteiger partial charge in [0.1, 0.15) is 17.1 Å². The van der Waals surface area contributed by atoms with Gasteiger partial charge in [-0.05, 0) is 49.7 Å². The fourth-order valence-corrected chi connectivity index (χ4v) is 3.05. The number of benzene rings is 2. The summed E-state index contributed by atoms with van der Waals surface area (Å²) in [6, 6.07) is 10.6. The maximum absolute atomic E-state index is 12.8. The highest BCUT2D eigenvalue weighted by Gasteiger charge is 2.40. The molecule has 1 aliphatic rings. The molecule has 2 aromatic rings. The van der Waals surface area contributed by atoms with Crippen LogP contribution in [0.1, 0.15) is 42.1 Å². The van der Waals surface area contributed by atoms with Crippen molar-refractivity contribution in [3.8, 4) is 11.5 Å². The molecule has 2 amide bonds. The van der Waals surface area contributed by atoms with Crippen molar-refractivity contribution < 1.29 is 29.3 Å². The number of carboxylic acid groups (broad SMARTS) is 1. The second-order valence-electron chi connectivity index (χ2n) is 6.57. The van der Waals surface area contributed by atoms with Gasteiger partial charge in [-0.3, -0.25) is 9.59 Å². The van der Waals surface area contributed by atoms with Crippen LogP contribution in [-0.4, -0.2) is 34.1 Å². The molecule has 0 saturated carbocycles. The highest BCUT2D eigenvalue weighted by Crippen LogP contribution is 2.35. The molecule has 1 aliphatic heterocycles. The van der Waals surface area contributed by atoms with Crippen molar-refractivity contribution in [3.05, 3.63) is 53.6 Å². The van der Waals surface area contributed by atoms with E-state index < -0.39 is 29.5 Å². The van der Waals surface area contributed by atoms with Crippen LogP contribution in [0.15, 0.2) is 42.5 Å². The Hall–Kier alpha value is -3.35. The Morgan fingerprint density at radius 2 is 1.81 bits per heavy atom. The van der Waals surface area contributed by atoms with E-state index in [0.29, 0.717) is 11.3 Å². The number of hydrogen-bond donors (Lipinski definition) is 2. The summed E-state index contributed by atoms with van der Waals surface area (Å²) >= 11 is 0. The molecule has 140 valence electrons. The van der Waals surface area contributed by atoms with E-state index in [4.69, 9.17) is 9.84 Å². The standard InChI is InChI=1S/C20H19NO6/c1-11(2)27-14-6-3-12(4-7-14)15-10-18(23)21(19(15)24)13-5-8-17(22)16(9-13)20(25)26/h3-9,11,15,22H,10H2,1-2H3,(H,25,26)/t15-/m1/s1. The average Bonchev–Trinajstić information content (AvgIpc) is 2.90. The molecule has 0 aliphatic carbocycles. The maximum atomic E-state index is 12.8. The van der Waals surface area contributed by atoms with Crippen molar-refractivity contribution in [1.82, 2.24) is 0 Å². The number of ether oxygens (including phenoxy) is 1. The molecule has 0 radical (unpaired) electrons. The van der Waals surface area contributed by atoms with Crippen molar-refractivity contribution in [2.45, 2.75) is 32.3 Å². The fraction of sp³-hybridized carbons (Fsp3) is 0.250. The molecule has 1 heterocycles. The largest absolute Gasteiger partial charge is 0.507 e. The number of imide groups is 1. The minimum Gasteiger partial charge on any atom is -0.507 e. The van der Waals surface area contributed by atoms with Crippen molar-refractivity contribution >= 4 is 23.5 Å². The van der Waals surface area contributed by atoms with Gasteiger partial charge in [0, 0.05) is 6.42 Å². The first-order chi connectivity index (χ1) is 12.8. The molecule has 0 aromatic heterocycles. The van der Waals surface area contributed by atoms with E-state index in [0.717, 1.165) is 17.0 Å². The fourth-order valence-electron chi connectivity index (χ4n) is 3.05. The third-order valence-electron chi connectivity index (χ3n) is 4.27. The third kappa shape index (κ3) is 3.62. The number of aromatic hydroxyl groups is 1. The number of nitrogens with zero attached hydrogens (tertiary/aromatic N) is 1. The molecule has 2 aromatic carbocycles. The molecule has 1 saturated heterocycles. The zero-order valence-corrected chi connectivity index (χ0v) is 14.9. The molecule has 0 unspecified atom stereocenters. The zero-order valence-electron chi connectivity index (χ0n) is 14.9. The number of carbonyl (C=O) groups is 3. The monoisotopic (exact) mass is 369 g/mol. The Bertz CT molecular complexity index is 903. The lowest BCUT2D eigenvalue weighted by Crippen LogP contribution is -2.30. The summed E-state index contributed by atoms with van der Waals surface area (Å²) in [5, 5.41) is 18.7. The highest BCUT2D eigenvalue weighted by molar-refractivity contribution is 6.23. The first kappa shape index (κ1) is 18.4. The van der Waals surface area contributed by atoms with Gasteiger partial charge in [0.25, 0.3) is 0 Å². The lowest BCUT2D eigenvalue weighted by atomic mass is 9.97. The van der Waals surface area contributed by atoms with E-state index in [-0.39, 0.29) is 23.8 Å². The summed E-state index contributed by atoms with van der Waals surface area (Å²) in [6.07, 6.45) is 0.0194. The summed E-state index contributed by atoms with van der Waals surface area (Å²) in [7, 11) is 0. The summed E-state index contributed by atoms with van der Waals surface area (Å²) in [4.78, 5) is 37.4. The lowest BCUT2D eigenvalue weighted by Gasteiger charge is -2.16. The second kappa shape index (κ2) is 7.11. The van der Waals surface area contributed by atoms with E-state index in [1.807, 2.05) is 13.8 Å². The number of aromatic carboxylic acids is 1. The van der Waals surface area contributed by atoms with Gasteiger partial charge in [0.05, 0.1) is 17.7 Å². The Kier molecular flexibility index (Phi) is 4.85. The number of rotatable bonds is 5. The van der Waals surface area contributed by atoms with Crippen molar-refractivity contribution in [2.75, 3.05) is 4.90 Å². The van der Waals surface area contributed by atoms with Gasteiger partial charge in [-0.2, -0.15) is 0 Å². The maximum Gasteiger partial charge on any atom is 0.339 e. The Labute approximate surface area is 155 Å². The van der Waals surface area contributed by atoms with Gasteiger partial charge in [-0.1, -0.05) is 12.1 Å². The summed E-state index contributed by atoms with van der Waals surface area (Å²) in [5.41, 5.74) is 0.443. The Balaban J connectivity index is 1.87. The van der Waals surface area contributed by atoms with Crippen LogP contribution in [0.3, 0.4) is 0 Å². The summed E-state index contributed by atoms with van der Waals surface area (Å²) in [6.45, 7) is 3.82. The van der Waals surface area contributed by atoms with Crippen LogP contribution < -0.4 is 9.64 Å². The SMILES string of the molecule is CC(C)Oc1ccc([C@H]2CC(=O)N(c3ccc(O)c(C(=O)O)c3)C2=O)cc1. The molecule has 2 N–H and O–H groups in total. The smallest absolute Gasteiger partial charge is 0.339 e. The number of anilines is 1. The van der Waals surface area contributed by atoms with Crippen LogP contribution in [0, 0.1) is 0 Å². The highest BCUT2D eigenvalue weighted by atomic mass is 16.5.